The van der Waals surface area contributed by atoms with E-state index in [0.29, 0.717) is 11.4 Å². The number of benzene rings is 1. The molecule has 0 fully saturated rings. The second-order valence-corrected chi connectivity index (χ2v) is 6.78. The molecule has 0 saturated heterocycles. The summed E-state index contributed by atoms with van der Waals surface area (Å²) in [7, 11) is 2.91. The minimum Gasteiger partial charge on any atom is -0.322 e. The molecule has 8 heteroatoms. The van der Waals surface area contributed by atoms with Gasteiger partial charge >= 0.3 is 5.69 Å². The third-order valence-electron chi connectivity index (χ3n) is 4.11. The van der Waals surface area contributed by atoms with E-state index in [9.17, 15) is 14.4 Å². The van der Waals surface area contributed by atoms with Gasteiger partial charge in [-0.05, 0) is 37.4 Å². The summed E-state index contributed by atoms with van der Waals surface area (Å²) in [5.74, 6) is -0.422. The van der Waals surface area contributed by atoms with Crippen molar-refractivity contribution in [3.63, 3.8) is 0 Å². The fourth-order valence-electron chi connectivity index (χ4n) is 2.76. The second-order valence-electron chi connectivity index (χ2n) is 5.90. The molecular formula is C18H18N4O3S. The molecule has 0 atom stereocenters. The van der Waals surface area contributed by atoms with Crippen LogP contribution < -0.4 is 16.6 Å². The number of hydrogen-bond acceptors (Lipinski definition) is 5. The lowest BCUT2D eigenvalue weighted by atomic mass is 10.1. The highest BCUT2D eigenvalue weighted by atomic mass is 32.2. The fourth-order valence-corrected chi connectivity index (χ4v) is 3.22. The number of nitrogens with one attached hydrogen (secondary N) is 1. The minimum absolute atomic E-state index is 0.124. The molecule has 2 heterocycles. The average molecular weight is 370 g/mol. The Morgan fingerprint density at radius 2 is 1.88 bits per heavy atom. The van der Waals surface area contributed by atoms with Gasteiger partial charge in [-0.25, -0.2) is 9.78 Å². The lowest BCUT2D eigenvalue weighted by molar-refractivity contribution is 0.102. The Labute approximate surface area is 153 Å². The number of anilines is 1. The quantitative estimate of drug-likeness (QED) is 0.712. The van der Waals surface area contributed by atoms with Crippen molar-refractivity contribution in [1.82, 2.24) is 14.1 Å². The summed E-state index contributed by atoms with van der Waals surface area (Å²) in [5, 5.41) is 2.94. The molecule has 0 saturated carbocycles. The molecule has 0 bridgehead atoms. The summed E-state index contributed by atoms with van der Waals surface area (Å²) in [4.78, 5) is 42.9. The van der Waals surface area contributed by atoms with Gasteiger partial charge in [0.2, 0.25) is 0 Å². The van der Waals surface area contributed by atoms with Gasteiger partial charge in [0.15, 0.2) is 0 Å². The number of nitrogens with zero attached hydrogens (tertiary/aromatic N) is 3. The van der Waals surface area contributed by atoms with Gasteiger partial charge in [-0.3, -0.25) is 18.7 Å². The van der Waals surface area contributed by atoms with E-state index in [1.807, 2.05) is 24.5 Å². The summed E-state index contributed by atoms with van der Waals surface area (Å²) in [6, 6.07) is 8.98. The van der Waals surface area contributed by atoms with Crippen LogP contribution in [0.1, 0.15) is 16.1 Å². The normalized spacial score (nSPS) is 10.9. The van der Waals surface area contributed by atoms with Crippen molar-refractivity contribution < 1.29 is 4.79 Å². The molecule has 2 aromatic heterocycles. The number of hydrogen-bond donors (Lipinski definition) is 1. The second kappa shape index (κ2) is 6.80. The zero-order valence-electron chi connectivity index (χ0n) is 14.9. The van der Waals surface area contributed by atoms with Gasteiger partial charge in [0, 0.05) is 30.4 Å². The van der Waals surface area contributed by atoms with Crippen LogP contribution in [0, 0.1) is 6.92 Å². The van der Waals surface area contributed by atoms with Gasteiger partial charge in [0.25, 0.3) is 11.5 Å². The summed E-state index contributed by atoms with van der Waals surface area (Å²) in [6.07, 6.45) is 1.95. The van der Waals surface area contributed by atoms with Crippen LogP contribution in [0.3, 0.4) is 0 Å². The number of thioether (sulfide) groups is 1. The van der Waals surface area contributed by atoms with E-state index in [-0.39, 0.29) is 16.6 Å². The highest BCUT2D eigenvalue weighted by Gasteiger charge is 2.19. The van der Waals surface area contributed by atoms with E-state index >= 15 is 0 Å². The summed E-state index contributed by atoms with van der Waals surface area (Å²) in [6.45, 7) is 1.71. The molecule has 134 valence electrons. The van der Waals surface area contributed by atoms with E-state index in [2.05, 4.69) is 10.3 Å². The van der Waals surface area contributed by atoms with E-state index < -0.39 is 17.2 Å². The first-order valence-electron chi connectivity index (χ1n) is 7.86. The van der Waals surface area contributed by atoms with Crippen molar-refractivity contribution in [1.29, 1.82) is 0 Å². The molecule has 1 N–H and O–H groups in total. The van der Waals surface area contributed by atoms with E-state index in [0.717, 1.165) is 9.46 Å². The van der Waals surface area contributed by atoms with E-state index in [4.69, 9.17) is 0 Å². The number of amides is 1. The standard InChI is InChI=1S/C18H18N4O3S/c1-10-8-13(16(23)20-11-6-5-7-12(9-11)26-4)14-15(19-10)21(2)18(25)22(3)17(14)24/h5-9H,1-4H3,(H,20,23). The first kappa shape index (κ1) is 17.9. The monoisotopic (exact) mass is 370 g/mol. The number of carbonyl (C=O) groups is 1. The molecule has 0 aliphatic heterocycles. The Balaban J connectivity index is 2.19. The minimum atomic E-state index is -0.543. The molecule has 0 aliphatic rings. The maximum atomic E-state index is 12.9. The molecule has 1 amide bonds. The van der Waals surface area contributed by atoms with E-state index in [1.165, 1.54) is 18.7 Å². The largest absolute Gasteiger partial charge is 0.332 e. The predicted octanol–water partition coefficient (Wildman–Crippen LogP) is 1.91. The number of fused-ring (bicyclic) bond motifs is 1. The molecule has 3 rings (SSSR count). The maximum Gasteiger partial charge on any atom is 0.332 e. The zero-order chi connectivity index (χ0) is 19.0. The highest BCUT2D eigenvalue weighted by Crippen LogP contribution is 2.21. The molecule has 0 unspecified atom stereocenters. The number of pyridine rings is 1. The van der Waals surface area contributed by atoms with Crippen molar-refractivity contribution in [3.8, 4) is 0 Å². The Morgan fingerprint density at radius 1 is 1.15 bits per heavy atom. The van der Waals surface area contributed by atoms with Crippen molar-refractivity contribution >= 4 is 34.4 Å². The molecule has 0 radical (unpaired) electrons. The van der Waals surface area contributed by atoms with Crippen molar-refractivity contribution in [2.75, 3.05) is 11.6 Å². The number of carbonyl (C=O) groups excluding carboxylic acids is 1. The fraction of sp³-hybridized carbons (Fsp3) is 0.222. The van der Waals surface area contributed by atoms with Crippen molar-refractivity contribution in [3.05, 3.63) is 62.4 Å². The Morgan fingerprint density at radius 3 is 2.58 bits per heavy atom. The Kier molecular flexibility index (Phi) is 4.69. The van der Waals surface area contributed by atoms with Crippen LogP contribution in [0.4, 0.5) is 5.69 Å². The van der Waals surface area contributed by atoms with Gasteiger partial charge in [0.05, 0.1) is 10.9 Å². The van der Waals surface area contributed by atoms with Crippen molar-refractivity contribution in [2.45, 2.75) is 11.8 Å². The van der Waals surface area contributed by atoms with Crippen LogP contribution in [0.15, 0.2) is 44.8 Å². The Hall–Kier alpha value is -2.87. The number of aromatic nitrogens is 3. The first-order chi connectivity index (χ1) is 12.3. The average Bonchev–Trinajstić information content (AvgIpc) is 2.64. The third-order valence-corrected chi connectivity index (χ3v) is 4.84. The number of rotatable bonds is 3. The first-order valence-corrected chi connectivity index (χ1v) is 9.08. The maximum absolute atomic E-state index is 12.9. The van der Waals surface area contributed by atoms with Gasteiger partial charge in [0.1, 0.15) is 5.65 Å². The van der Waals surface area contributed by atoms with Gasteiger partial charge in [-0.2, -0.15) is 0 Å². The summed E-state index contributed by atoms with van der Waals surface area (Å²) in [5.41, 5.74) is 0.535. The van der Waals surface area contributed by atoms with Gasteiger partial charge < -0.3 is 5.32 Å². The van der Waals surface area contributed by atoms with Crippen LogP contribution in [0.5, 0.6) is 0 Å². The van der Waals surface area contributed by atoms with Crippen LogP contribution in [0.2, 0.25) is 0 Å². The van der Waals surface area contributed by atoms with Gasteiger partial charge in [-0.1, -0.05) is 6.07 Å². The van der Waals surface area contributed by atoms with Gasteiger partial charge in [-0.15, -0.1) is 11.8 Å². The lowest BCUT2D eigenvalue weighted by Gasteiger charge is -2.12. The molecule has 26 heavy (non-hydrogen) atoms. The SMILES string of the molecule is CSc1cccc(NC(=O)c2cc(C)nc3c2c(=O)n(C)c(=O)n3C)c1. The van der Waals surface area contributed by atoms with Crippen LogP contribution in [-0.4, -0.2) is 26.3 Å². The van der Waals surface area contributed by atoms with Crippen LogP contribution in [0.25, 0.3) is 11.0 Å². The third kappa shape index (κ3) is 3.03. The molecule has 3 aromatic rings. The molecule has 7 nitrogen and oxygen atoms in total. The van der Waals surface area contributed by atoms with Crippen LogP contribution >= 0.6 is 11.8 Å². The highest BCUT2D eigenvalue weighted by molar-refractivity contribution is 7.98. The lowest BCUT2D eigenvalue weighted by Crippen LogP contribution is -2.38. The molecule has 1 aromatic carbocycles. The molecular weight excluding hydrogens is 352 g/mol. The van der Waals surface area contributed by atoms with Crippen molar-refractivity contribution in [2.24, 2.45) is 14.1 Å². The van der Waals surface area contributed by atoms with E-state index in [1.54, 1.807) is 30.8 Å². The Bertz CT molecular complexity index is 1150. The zero-order valence-corrected chi connectivity index (χ0v) is 15.7. The molecule has 0 spiro atoms. The summed E-state index contributed by atoms with van der Waals surface area (Å²) >= 11 is 1.57. The topological polar surface area (TPSA) is 86.0 Å². The predicted molar refractivity (Wildman–Crippen MR) is 103 cm³/mol. The smallest absolute Gasteiger partial charge is 0.322 e. The van der Waals surface area contributed by atoms with Crippen LogP contribution in [-0.2, 0) is 14.1 Å². The number of aryl methyl sites for hydroxylation is 2. The molecule has 0 aliphatic carbocycles. The summed E-state index contributed by atoms with van der Waals surface area (Å²) < 4.78 is 2.25.